The monoisotopic (exact) mass is 480 g/mol. The summed E-state index contributed by atoms with van der Waals surface area (Å²) in [6.45, 7) is 3.48. The number of carbonyl (C=O) groups is 1. The van der Waals surface area contributed by atoms with Crippen molar-refractivity contribution in [1.29, 1.82) is 0 Å². The van der Waals surface area contributed by atoms with E-state index in [2.05, 4.69) is 47.5 Å². The minimum atomic E-state index is -0.202. The maximum Gasteiger partial charge on any atom is 0.256 e. The van der Waals surface area contributed by atoms with Crippen molar-refractivity contribution in [1.82, 2.24) is 4.90 Å². The van der Waals surface area contributed by atoms with Crippen LogP contribution < -0.4 is 10.1 Å². The summed E-state index contributed by atoms with van der Waals surface area (Å²) in [7, 11) is 4.01. The summed E-state index contributed by atoms with van der Waals surface area (Å²) in [6, 6.07) is 28.7. The number of hydrogen-bond acceptors (Lipinski definition) is 4. The quantitative estimate of drug-likeness (QED) is 0.214. The van der Waals surface area contributed by atoms with Crippen LogP contribution in [-0.4, -0.2) is 43.2 Å². The lowest BCUT2D eigenvalue weighted by Gasteiger charge is -2.17. The molecular formula is C31H32N2O3. The van der Waals surface area contributed by atoms with Gasteiger partial charge in [0.1, 0.15) is 18.1 Å². The van der Waals surface area contributed by atoms with Gasteiger partial charge in [-0.3, -0.25) is 4.79 Å². The summed E-state index contributed by atoms with van der Waals surface area (Å²) in [5, 5.41) is 15.2. The van der Waals surface area contributed by atoms with Crippen LogP contribution in [0.4, 0.5) is 5.69 Å². The fraction of sp³-hybridized carbons (Fsp3) is 0.194. The molecule has 0 fully saturated rings. The normalized spacial score (nSPS) is 11.9. The molecule has 4 aromatic carbocycles. The predicted octanol–water partition coefficient (Wildman–Crippen LogP) is 6.45. The van der Waals surface area contributed by atoms with Gasteiger partial charge in [-0.05, 0) is 90.5 Å². The molecule has 36 heavy (non-hydrogen) atoms. The van der Waals surface area contributed by atoms with Crippen molar-refractivity contribution in [2.75, 3.05) is 32.6 Å². The number of likely N-dealkylation sites (N-methyl/N-ethyl adjacent to an activating group) is 1. The molecule has 0 aromatic heterocycles. The molecule has 0 aliphatic carbocycles. The van der Waals surface area contributed by atoms with Crippen LogP contribution in [0.3, 0.4) is 0 Å². The molecule has 0 heterocycles. The Morgan fingerprint density at radius 1 is 0.861 bits per heavy atom. The van der Waals surface area contributed by atoms with Gasteiger partial charge in [-0.25, -0.2) is 0 Å². The van der Waals surface area contributed by atoms with Gasteiger partial charge >= 0.3 is 0 Å². The van der Waals surface area contributed by atoms with Crippen molar-refractivity contribution in [2.24, 2.45) is 0 Å². The number of nitrogens with one attached hydrogen (secondary N) is 1. The van der Waals surface area contributed by atoms with Crippen LogP contribution >= 0.6 is 0 Å². The lowest BCUT2D eigenvalue weighted by atomic mass is 9.91. The third kappa shape index (κ3) is 6.12. The molecule has 5 nitrogen and oxygen atoms in total. The van der Waals surface area contributed by atoms with Crippen molar-refractivity contribution in [3.8, 4) is 11.5 Å². The van der Waals surface area contributed by atoms with Gasteiger partial charge in [0.05, 0.1) is 5.57 Å². The lowest BCUT2D eigenvalue weighted by molar-refractivity contribution is -0.111. The van der Waals surface area contributed by atoms with Crippen molar-refractivity contribution >= 4 is 33.5 Å². The Balaban J connectivity index is 1.67. The van der Waals surface area contributed by atoms with Gasteiger partial charge in [-0.15, -0.1) is 0 Å². The van der Waals surface area contributed by atoms with Crippen molar-refractivity contribution in [3.63, 3.8) is 0 Å². The molecule has 184 valence electrons. The molecular weight excluding hydrogens is 448 g/mol. The molecule has 0 aliphatic rings. The molecule has 5 heteroatoms. The third-order valence-electron chi connectivity index (χ3n) is 6.06. The van der Waals surface area contributed by atoms with Crippen molar-refractivity contribution in [3.05, 3.63) is 102 Å². The Labute approximate surface area is 212 Å². The van der Waals surface area contributed by atoms with Crippen LogP contribution in [0.25, 0.3) is 21.9 Å². The average Bonchev–Trinajstić information content (AvgIpc) is 2.88. The first-order valence-electron chi connectivity index (χ1n) is 12.1. The number of carbonyl (C=O) groups excluding carboxylic acids is 1. The molecule has 0 radical (unpaired) electrons. The van der Waals surface area contributed by atoms with Crippen molar-refractivity contribution in [2.45, 2.75) is 13.3 Å². The number of aromatic hydroxyl groups is 1. The summed E-state index contributed by atoms with van der Waals surface area (Å²) < 4.78 is 5.77. The van der Waals surface area contributed by atoms with E-state index in [0.29, 0.717) is 24.3 Å². The number of phenols is 1. The van der Waals surface area contributed by atoms with E-state index < -0.39 is 0 Å². The number of nitrogens with zero attached hydrogens (tertiary/aromatic N) is 1. The Hall–Kier alpha value is -4.09. The minimum Gasteiger partial charge on any atom is -0.508 e. The second kappa shape index (κ2) is 11.6. The Morgan fingerprint density at radius 2 is 1.53 bits per heavy atom. The number of fused-ring (bicyclic) bond motifs is 1. The highest BCUT2D eigenvalue weighted by atomic mass is 16.5. The van der Waals surface area contributed by atoms with Crippen LogP contribution in [0, 0.1) is 0 Å². The van der Waals surface area contributed by atoms with Crippen LogP contribution in [0.2, 0.25) is 0 Å². The molecule has 2 N–H and O–H groups in total. The molecule has 4 aromatic rings. The fourth-order valence-corrected chi connectivity index (χ4v) is 4.15. The molecule has 0 spiro atoms. The summed E-state index contributed by atoms with van der Waals surface area (Å²) >= 11 is 0. The number of phenolic OH excluding ortho intramolecular Hbond substituents is 1. The molecule has 0 saturated carbocycles. The second-order valence-corrected chi connectivity index (χ2v) is 8.95. The topological polar surface area (TPSA) is 61.8 Å². The SMILES string of the molecule is CCC(=C(C(=O)Nc1ccc(OCCN(C)C)cc1)c1ccc(O)cc1)c1ccc2ccccc2c1. The standard InChI is InChI=1S/C31H32N2O3/c1-4-29(25-10-9-22-7-5-6-8-24(22)21-25)30(23-11-15-27(34)16-12-23)31(35)32-26-13-17-28(18-14-26)36-20-19-33(2)3/h5-18,21,34H,4,19-20H2,1-3H3,(H,32,35). The predicted molar refractivity (Wildman–Crippen MR) is 148 cm³/mol. The maximum absolute atomic E-state index is 13.7. The highest BCUT2D eigenvalue weighted by molar-refractivity contribution is 6.31. The van der Waals surface area contributed by atoms with Crippen LogP contribution in [0.1, 0.15) is 24.5 Å². The van der Waals surface area contributed by atoms with E-state index in [1.165, 1.54) is 0 Å². The van der Waals surface area contributed by atoms with Gasteiger partial charge in [0.2, 0.25) is 0 Å². The van der Waals surface area contributed by atoms with Gasteiger partial charge in [0.15, 0.2) is 0 Å². The zero-order valence-corrected chi connectivity index (χ0v) is 21.0. The van der Waals surface area contributed by atoms with Gasteiger partial charge < -0.3 is 20.1 Å². The second-order valence-electron chi connectivity index (χ2n) is 8.95. The molecule has 0 aliphatic heterocycles. The summed E-state index contributed by atoms with van der Waals surface area (Å²) in [4.78, 5) is 15.8. The number of amides is 1. The van der Waals surface area contributed by atoms with Gasteiger partial charge in [-0.1, -0.05) is 55.5 Å². The fourth-order valence-electron chi connectivity index (χ4n) is 4.15. The van der Waals surface area contributed by atoms with Crippen molar-refractivity contribution < 1.29 is 14.6 Å². The first-order valence-corrected chi connectivity index (χ1v) is 12.1. The summed E-state index contributed by atoms with van der Waals surface area (Å²) in [5.41, 5.74) is 3.95. The highest BCUT2D eigenvalue weighted by Gasteiger charge is 2.19. The maximum atomic E-state index is 13.7. The van der Waals surface area contributed by atoms with E-state index in [4.69, 9.17) is 4.74 Å². The molecule has 1 amide bonds. The number of benzene rings is 4. The largest absolute Gasteiger partial charge is 0.508 e. The number of ether oxygens (including phenoxy) is 1. The minimum absolute atomic E-state index is 0.159. The summed E-state index contributed by atoms with van der Waals surface area (Å²) in [5.74, 6) is 0.716. The van der Waals surface area contributed by atoms with Gasteiger partial charge in [0, 0.05) is 12.2 Å². The smallest absolute Gasteiger partial charge is 0.256 e. The number of allylic oxidation sites excluding steroid dienone is 1. The lowest BCUT2D eigenvalue weighted by Crippen LogP contribution is -2.19. The zero-order valence-electron chi connectivity index (χ0n) is 21.0. The van der Waals surface area contributed by atoms with Gasteiger partial charge in [0.25, 0.3) is 5.91 Å². The highest BCUT2D eigenvalue weighted by Crippen LogP contribution is 2.33. The number of rotatable bonds is 9. The van der Waals surface area contributed by atoms with E-state index in [9.17, 15) is 9.90 Å². The zero-order chi connectivity index (χ0) is 25.5. The van der Waals surface area contributed by atoms with E-state index in [0.717, 1.165) is 39.8 Å². The van der Waals surface area contributed by atoms with Crippen LogP contribution in [0.5, 0.6) is 11.5 Å². The average molecular weight is 481 g/mol. The first-order chi connectivity index (χ1) is 17.4. The van der Waals surface area contributed by atoms with E-state index in [1.54, 1.807) is 24.3 Å². The van der Waals surface area contributed by atoms with E-state index in [1.807, 2.05) is 50.5 Å². The van der Waals surface area contributed by atoms with E-state index in [-0.39, 0.29) is 11.7 Å². The summed E-state index contributed by atoms with van der Waals surface area (Å²) in [6.07, 6.45) is 0.667. The molecule has 4 rings (SSSR count). The van der Waals surface area contributed by atoms with Gasteiger partial charge in [-0.2, -0.15) is 0 Å². The number of anilines is 1. The molecule has 0 bridgehead atoms. The molecule has 0 saturated heterocycles. The molecule has 0 unspecified atom stereocenters. The molecule has 0 atom stereocenters. The Bertz CT molecular complexity index is 1360. The van der Waals surface area contributed by atoms with Crippen LogP contribution in [0.15, 0.2) is 91.0 Å². The first kappa shape index (κ1) is 25.0. The van der Waals surface area contributed by atoms with E-state index >= 15 is 0 Å². The Morgan fingerprint density at radius 3 is 2.19 bits per heavy atom. The Kier molecular flexibility index (Phi) is 8.03. The van der Waals surface area contributed by atoms with Crippen LogP contribution in [-0.2, 0) is 4.79 Å². The third-order valence-corrected chi connectivity index (χ3v) is 6.06. The number of hydrogen-bond donors (Lipinski definition) is 2.